The molecule has 1 heterocycles. The fraction of sp³-hybridized carbons (Fsp3) is 0.194. The van der Waals surface area contributed by atoms with Crippen molar-refractivity contribution in [2.24, 2.45) is 0 Å². The molecule has 5 rings (SSSR count). The predicted molar refractivity (Wildman–Crippen MR) is 146 cm³/mol. The van der Waals surface area contributed by atoms with Gasteiger partial charge in [0.25, 0.3) is 0 Å². The van der Waals surface area contributed by atoms with Crippen LogP contribution in [0.25, 0.3) is 21.8 Å². The third-order valence-electron chi connectivity index (χ3n) is 6.77. The van der Waals surface area contributed by atoms with E-state index in [-0.39, 0.29) is 5.69 Å². The van der Waals surface area contributed by atoms with Crippen molar-refractivity contribution in [3.05, 3.63) is 114 Å². The average Bonchev–Trinajstić information content (AvgIpc) is 3.24. The number of hydrogen-bond acceptors (Lipinski definition) is 1. The lowest BCUT2D eigenvalue weighted by molar-refractivity contribution is -0.137. The number of amides is 2. The smallest absolute Gasteiger partial charge is 0.341 e. The Bertz CT molecular complexity index is 1570. The van der Waals surface area contributed by atoms with Crippen molar-refractivity contribution in [3.8, 4) is 0 Å². The highest BCUT2D eigenvalue weighted by Crippen LogP contribution is 2.32. The van der Waals surface area contributed by atoms with Crippen molar-refractivity contribution in [3.63, 3.8) is 0 Å². The number of alkyl halides is 3. The topological polar surface area (TPSA) is 37.3 Å². The molecular formula is C31H28F3N3O. The number of urea groups is 1. The number of halogens is 3. The number of anilines is 1. The molecular weight excluding hydrogens is 487 g/mol. The maximum absolute atomic E-state index is 13.4. The van der Waals surface area contributed by atoms with Crippen LogP contribution in [0.5, 0.6) is 0 Å². The van der Waals surface area contributed by atoms with Crippen LogP contribution in [0.2, 0.25) is 0 Å². The number of fused-ring (bicyclic) bond motifs is 3. The minimum atomic E-state index is -4.49. The van der Waals surface area contributed by atoms with Crippen molar-refractivity contribution in [1.29, 1.82) is 0 Å². The van der Waals surface area contributed by atoms with E-state index < -0.39 is 17.8 Å². The highest BCUT2D eigenvalue weighted by atomic mass is 19.4. The zero-order chi connectivity index (χ0) is 26.7. The van der Waals surface area contributed by atoms with Crippen LogP contribution in [0.15, 0.2) is 97.1 Å². The van der Waals surface area contributed by atoms with Crippen LogP contribution in [-0.2, 0) is 25.7 Å². The number of nitrogens with zero attached hydrogens (tertiary/aromatic N) is 2. The van der Waals surface area contributed by atoms with Gasteiger partial charge in [0.2, 0.25) is 0 Å². The van der Waals surface area contributed by atoms with Crippen LogP contribution in [0.1, 0.15) is 23.6 Å². The second kappa shape index (κ2) is 10.6. The normalized spacial score (nSPS) is 11.7. The molecule has 0 saturated carbocycles. The molecule has 4 aromatic carbocycles. The largest absolute Gasteiger partial charge is 0.416 e. The van der Waals surface area contributed by atoms with Crippen LogP contribution in [-0.4, -0.2) is 22.0 Å². The molecule has 0 aliphatic heterocycles. The first kappa shape index (κ1) is 25.4. The molecule has 7 heteroatoms. The minimum Gasteiger partial charge on any atom is -0.341 e. The van der Waals surface area contributed by atoms with Gasteiger partial charge in [-0.15, -0.1) is 0 Å². The monoisotopic (exact) mass is 515 g/mol. The van der Waals surface area contributed by atoms with Crippen LogP contribution in [0, 0.1) is 0 Å². The van der Waals surface area contributed by atoms with Crippen LogP contribution < -0.4 is 5.32 Å². The second-order valence-electron chi connectivity index (χ2n) is 9.28. The average molecular weight is 516 g/mol. The summed E-state index contributed by atoms with van der Waals surface area (Å²) in [6, 6.07) is 28.5. The molecule has 0 radical (unpaired) electrons. The number of benzene rings is 4. The van der Waals surface area contributed by atoms with Crippen molar-refractivity contribution in [1.82, 2.24) is 9.47 Å². The molecule has 1 N–H and O–H groups in total. The summed E-state index contributed by atoms with van der Waals surface area (Å²) >= 11 is 0. The highest BCUT2D eigenvalue weighted by Gasteiger charge is 2.30. The van der Waals surface area contributed by atoms with Crippen LogP contribution in [0.4, 0.5) is 23.7 Å². The molecule has 0 unspecified atom stereocenters. The number of hydrogen-bond donors (Lipinski definition) is 1. The van der Waals surface area contributed by atoms with Gasteiger partial charge in [0, 0.05) is 47.1 Å². The van der Waals surface area contributed by atoms with E-state index in [4.69, 9.17) is 0 Å². The van der Waals surface area contributed by atoms with Gasteiger partial charge in [0.05, 0.1) is 5.56 Å². The summed E-state index contributed by atoms with van der Waals surface area (Å²) in [5.41, 5.74) is 3.61. The van der Waals surface area contributed by atoms with Gasteiger partial charge in [-0.05, 0) is 60.9 Å². The maximum atomic E-state index is 13.4. The maximum Gasteiger partial charge on any atom is 0.416 e. The summed E-state index contributed by atoms with van der Waals surface area (Å²) < 4.78 is 41.9. The van der Waals surface area contributed by atoms with E-state index >= 15 is 0 Å². The standard InChI is InChI=1S/C31H28F3N3O/c1-2-37-28-14-7-6-13-26(28)27-19-23(15-16-29(27)37)21-36(18-17-22-9-4-3-5-10-22)30(38)35-25-12-8-11-24(20-25)31(32,33)34/h3-16,19-20H,2,17-18,21H2,1H3,(H,35,38). The molecule has 0 atom stereocenters. The van der Waals surface area contributed by atoms with E-state index in [1.165, 1.54) is 12.1 Å². The Morgan fingerprint density at radius 1 is 0.816 bits per heavy atom. The lowest BCUT2D eigenvalue weighted by Crippen LogP contribution is -2.36. The Labute approximate surface area is 219 Å². The zero-order valence-corrected chi connectivity index (χ0v) is 21.0. The van der Waals surface area contributed by atoms with Gasteiger partial charge in [0.1, 0.15) is 0 Å². The van der Waals surface area contributed by atoms with Gasteiger partial charge in [-0.3, -0.25) is 0 Å². The Kier molecular flexibility index (Phi) is 7.09. The SMILES string of the molecule is CCn1c2ccccc2c2cc(CN(CCc3ccccc3)C(=O)Nc3cccc(C(F)(F)F)c3)ccc21. The minimum absolute atomic E-state index is 0.107. The quantitative estimate of drug-likeness (QED) is 0.234. The fourth-order valence-corrected chi connectivity index (χ4v) is 4.90. The molecule has 38 heavy (non-hydrogen) atoms. The molecule has 0 fully saturated rings. The van der Waals surface area contributed by atoms with Gasteiger partial charge >= 0.3 is 12.2 Å². The van der Waals surface area contributed by atoms with Crippen molar-refractivity contribution < 1.29 is 18.0 Å². The molecule has 0 spiro atoms. The van der Waals surface area contributed by atoms with Crippen LogP contribution >= 0.6 is 0 Å². The van der Waals surface area contributed by atoms with E-state index in [0.29, 0.717) is 19.5 Å². The number of para-hydroxylation sites is 1. The number of nitrogens with one attached hydrogen (secondary N) is 1. The third-order valence-corrected chi connectivity index (χ3v) is 6.77. The molecule has 194 valence electrons. The number of carbonyl (C=O) groups is 1. The molecule has 4 nitrogen and oxygen atoms in total. The molecule has 0 bridgehead atoms. The first-order valence-corrected chi connectivity index (χ1v) is 12.6. The Balaban J connectivity index is 1.44. The summed E-state index contributed by atoms with van der Waals surface area (Å²) in [5.74, 6) is 0. The van der Waals surface area contributed by atoms with Gasteiger partial charge in [-0.1, -0.05) is 60.7 Å². The lowest BCUT2D eigenvalue weighted by atomic mass is 10.1. The molecule has 1 aromatic heterocycles. The predicted octanol–water partition coefficient (Wildman–Crippen LogP) is 8.11. The highest BCUT2D eigenvalue weighted by molar-refractivity contribution is 6.08. The van der Waals surface area contributed by atoms with E-state index in [9.17, 15) is 18.0 Å². The Morgan fingerprint density at radius 3 is 2.32 bits per heavy atom. The summed E-state index contributed by atoms with van der Waals surface area (Å²) in [4.78, 5) is 15.0. The third kappa shape index (κ3) is 5.37. The number of rotatable bonds is 7. The number of carbonyl (C=O) groups excluding carboxylic acids is 1. The molecule has 0 aliphatic carbocycles. The van der Waals surface area contributed by atoms with E-state index in [0.717, 1.165) is 51.6 Å². The number of aryl methyl sites for hydroxylation is 1. The summed E-state index contributed by atoms with van der Waals surface area (Å²) in [5, 5.41) is 4.93. The Hall–Kier alpha value is -4.26. The number of aromatic nitrogens is 1. The second-order valence-corrected chi connectivity index (χ2v) is 9.28. The van der Waals surface area contributed by atoms with Crippen LogP contribution in [0.3, 0.4) is 0 Å². The first-order chi connectivity index (χ1) is 18.3. The van der Waals surface area contributed by atoms with E-state index in [1.807, 2.05) is 48.5 Å². The van der Waals surface area contributed by atoms with Crippen molar-refractivity contribution in [2.75, 3.05) is 11.9 Å². The van der Waals surface area contributed by atoms with Crippen molar-refractivity contribution >= 4 is 33.5 Å². The zero-order valence-electron chi connectivity index (χ0n) is 21.0. The van der Waals surface area contributed by atoms with Gasteiger partial charge in [-0.25, -0.2) is 4.79 Å². The molecule has 0 aliphatic rings. The van der Waals surface area contributed by atoms with E-state index in [2.05, 4.69) is 41.1 Å². The van der Waals surface area contributed by atoms with Gasteiger partial charge in [-0.2, -0.15) is 13.2 Å². The fourth-order valence-electron chi connectivity index (χ4n) is 4.90. The summed E-state index contributed by atoms with van der Waals surface area (Å²) in [7, 11) is 0. The Morgan fingerprint density at radius 2 is 1.55 bits per heavy atom. The summed E-state index contributed by atoms with van der Waals surface area (Å²) in [6.45, 7) is 3.68. The molecule has 2 amide bonds. The molecule has 0 saturated heterocycles. The van der Waals surface area contributed by atoms with Crippen molar-refractivity contribution in [2.45, 2.75) is 32.6 Å². The van der Waals surface area contributed by atoms with E-state index in [1.54, 1.807) is 4.90 Å². The first-order valence-electron chi connectivity index (χ1n) is 12.6. The molecule has 5 aromatic rings. The van der Waals surface area contributed by atoms with Gasteiger partial charge in [0.15, 0.2) is 0 Å². The van der Waals surface area contributed by atoms with Gasteiger partial charge < -0.3 is 14.8 Å². The summed E-state index contributed by atoms with van der Waals surface area (Å²) in [6.07, 6.45) is -3.87. The lowest BCUT2D eigenvalue weighted by Gasteiger charge is -2.24.